The molecule has 0 saturated heterocycles. The highest BCUT2D eigenvalue weighted by Crippen LogP contribution is 2.30. The maximum Gasteiger partial charge on any atom is 0.338 e. The highest BCUT2D eigenvalue weighted by atomic mass is 35.5. The first kappa shape index (κ1) is 15.9. The molecule has 7 heteroatoms. The maximum absolute atomic E-state index is 13.3. The third-order valence-electron chi connectivity index (χ3n) is 2.68. The molecule has 0 heterocycles. The molecule has 0 aliphatic carbocycles. The van der Waals surface area contributed by atoms with Crippen LogP contribution >= 0.6 is 34.8 Å². The summed E-state index contributed by atoms with van der Waals surface area (Å²) in [5, 5.41) is 0.229. The fourth-order valence-electron chi connectivity index (χ4n) is 1.61. The Bertz CT molecular complexity index is 684. The van der Waals surface area contributed by atoms with E-state index in [9.17, 15) is 9.18 Å². The van der Waals surface area contributed by atoms with Gasteiger partial charge in [0, 0.05) is 5.56 Å². The fourth-order valence-corrected chi connectivity index (χ4v) is 2.13. The van der Waals surface area contributed by atoms with Crippen molar-refractivity contribution in [2.75, 3.05) is 5.73 Å². The normalized spacial score (nSPS) is 10.5. The van der Waals surface area contributed by atoms with Crippen LogP contribution in [0.25, 0.3) is 0 Å². The molecule has 0 spiro atoms. The van der Waals surface area contributed by atoms with E-state index in [1.807, 2.05) is 0 Å². The van der Waals surface area contributed by atoms with Gasteiger partial charge in [0.15, 0.2) is 0 Å². The molecular weight excluding hydrogens is 340 g/mol. The summed E-state index contributed by atoms with van der Waals surface area (Å²) in [6.07, 6.45) is 0. The zero-order chi connectivity index (χ0) is 15.6. The van der Waals surface area contributed by atoms with Gasteiger partial charge in [0.05, 0.1) is 26.3 Å². The van der Waals surface area contributed by atoms with Crippen molar-refractivity contribution < 1.29 is 13.9 Å². The maximum atomic E-state index is 13.3. The number of nitrogen functional groups attached to an aromatic ring is 1. The number of esters is 1. The molecule has 2 rings (SSSR count). The van der Waals surface area contributed by atoms with E-state index in [2.05, 4.69) is 0 Å². The van der Waals surface area contributed by atoms with E-state index in [1.54, 1.807) is 6.07 Å². The van der Waals surface area contributed by atoms with Crippen LogP contribution < -0.4 is 5.73 Å². The lowest BCUT2D eigenvalue weighted by Gasteiger charge is -2.09. The number of hydrogen-bond acceptors (Lipinski definition) is 3. The molecule has 0 atom stereocenters. The second-order valence-electron chi connectivity index (χ2n) is 4.15. The van der Waals surface area contributed by atoms with Crippen LogP contribution in [0.5, 0.6) is 0 Å². The molecule has 0 amide bonds. The van der Waals surface area contributed by atoms with Crippen molar-refractivity contribution in [3.63, 3.8) is 0 Å². The molecule has 0 fully saturated rings. The van der Waals surface area contributed by atoms with Gasteiger partial charge >= 0.3 is 5.97 Å². The van der Waals surface area contributed by atoms with Gasteiger partial charge in [-0.3, -0.25) is 0 Å². The average molecular weight is 349 g/mol. The summed E-state index contributed by atoms with van der Waals surface area (Å²) in [5.41, 5.74) is 6.29. The van der Waals surface area contributed by atoms with E-state index in [0.717, 1.165) is 0 Å². The molecule has 3 nitrogen and oxygen atoms in total. The van der Waals surface area contributed by atoms with Gasteiger partial charge in [0.1, 0.15) is 12.4 Å². The Kier molecular flexibility index (Phi) is 4.93. The SMILES string of the molecule is Nc1cc(C(=O)OCc2cccc(F)c2Cl)cc(Cl)c1Cl. The molecule has 0 unspecified atom stereocenters. The van der Waals surface area contributed by atoms with Crippen molar-refractivity contribution in [3.05, 3.63) is 62.3 Å². The zero-order valence-electron chi connectivity index (χ0n) is 10.5. The van der Waals surface area contributed by atoms with Gasteiger partial charge < -0.3 is 10.5 Å². The molecule has 21 heavy (non-hydrogen) atoms. The third kappa shape index (κ3) is 3.59. The predicted octanol–water partition coefficient (Wildman–Crippen LogP) is 4.73. The van der Waals surface area contributed by atoms with E-state index >= 15 is 0 Å². The second-order valence-corrected chi connectivity index (χ2v) is 5.31. The topological polar surface area (TPSA) is 52.3 Å². The van der Waals surface area contributed by atoms with Crippen LogP contribution in [0.4, 0.5) is 10.1 Å². The minimum Gasteiger partial charge on any atom is -0.457 e. The Morgan fingerprint density at radius 3 is 2.57 bits per heavy atom. The van der Waals surface area contributed by atoms with Gasteiger partial charge in [-0.05, 0) is 18.2 Å². The van der Waals surface area contributed by atoms with E-state index in [-0.39, 0.29) is 32.9 Å². The number of rotatable bonds is 3. The van der Waals surface area contributed by atoms with Gasteiger partial charge in [0.25, 0.3) is 0 Å². The standard InChI is InChI=1S/C14H9Cl3FNO2/c15-9-4-8(5-11(19)13(9)17)14(20)21-6-7-2-1-3-10(18)12(7)16/h1-5H,6,19H2. The van der Waals surface area contributed by atoms with Crippen LogP contribution in [0.1, 0.15) is 15.9 Å². The zero-order valence-corrected chi connectivity index (χ0v) is 12.8. The van der Waals surface area contributed by atoms with Crippen LogP contribution in [0.2, 0.25) is 15.1 Å². The van der Waals surface area contributed by atoms with Crippen molar-refractivity contribution >= 4 is 46.5 Å². The number of hydrogen-bond donors (Lipinski definition) is 1. The fraction of sp³-hybridized carbons (Fsp3) is 0.0714. The molecule has 0 aliphatic heterocycles. The molecule has 2 aromatic carbocycles. The largest absolute Gasteiger partial charge is 0.457 e. The molecule has 0 bridgehead atoms. The number of anilines is 1. The Hall–Kier alpha value is -1.49. The summed E-state index contributed by atoms with van der Waals surface area (Å²) < 4.78 is 18.3. The minimum absolute atomic E-state index is 0.0843. The summed E-state index contributed by atoms with van der Waals surface area (Å²) in [4.78, 5) is 11.9. The number of benzene rings is 2. The van der Waals surface area contributed by atoms with E-state index in [1.165, 1.54) is 24.3 Å². The van der Waals surface area contributed by atoms with Crippen molar-refractivity contribution in [3.8, 4) is 0 Å². The van der Waals surface area contributed by atoms with E-state index < -0.39 is 11.8 Å². The molecule has 0 aromatic heterocycles. The Labute approximate surface area is 135 Å². The average Bonchev–Trinajstić information content (AvgIpc) is 2.45. The van der Waals surface area contributed by atoms with Crippen molar-refractivity contribution in [2.24, 2.45) is 0 Å². The van der Waals surface area contributed by atoms with Crippen LogP contribution in [0, 0.1) is 5.82 Å². The third-order valence-corrected chi connectivity index (χ3v) is 3.92. The first-order valence-corrected chi connectivity index (χ1v) is 6.88. The van der Waals surface area contributed by atoms with Crippen LogP contribution in [-0.2, 0) is 11.3 Å². The first-order chi connectivity index (χ1) is 9.90. The number of carbonyl (C=O) groups excluding carboxylic acids is 1. The van der Waals surface area contributed by atoms with Gasteiger partial charge in [-0.15, -0.1) is 0 Å². The summed E-state index contributed by atoms with van der Waals surface area (Å²) in [7, 11) is 0. The minimum atomic E-state index is -0.666. The first-order valence-electron chi connectivity index (χ1n) is 5.74. The second kappa shape index (κ2) is 6.52. The Morgan fingerprint density at radius 1 is 1.19 bits per heavy atom. The van der Waals surface area contributed by atoms with Crippen LogP contribution in [-0.4, -0.2) is 5.97 Å². The van der Waals surface area contributed by atoms with Gasteiger partial charge in [0.2, 0.25) is 0 Å². The monoisotopic (exact) mass is 347 g/mol. The molecule has 0 aliphatic rings. The van der Waals surface area contributed by atoms with E-state index in [4.69, 9.17) is 45.3 Å². The quantitative estimate of drug-likeness (QED) is 0.644. The molecular formula is C14H9Cl3FNO2. The molecule has 0 saturated carbocycles. The molecule has 2 N–H and O–H groups in total. The highest BCUT2D eigenvalue weighted by molar-refractivity contribution is 6.43. The lowest BCUT2D eigenvalue weighted by Crippen LogP contribution is -2.07. The van der Waals surface area contributed by atoms with Crippen LogP contribution in [0.3, 0.4) is 0 Å². The smallest absolute Gasteiger partial charge is 0.338 e. The number of nitrogens with two attached hydrogens (primary N) is 1. The van der Waals surface area contributed by atoms with Gasteiger partial charge in [-0.1, -0.05) is 46.9 Å². The van der Waals surface area contributed by atoms with Crippen molar-refractivity contribution in [1.29, 1.82) is 0 Å². The summed E-state index contributed by atoms with van der Waals surface area (Å²) in [5.74, 6) is -1.25. The number of carbonyl (C=O) groups is 1. The Morgan fingerprint density at radius 2 is 1.90 bits per heavy atom. The highest BCUT2D eigenvalue weighted by Gasteiger charge is 2.14. The summed E-state index contributed by atoms with van der Waals surface area (Å²) in [6, 6.07) is 6.94. The van der Waals surface area contributed by atoms with Gasteiger partial charge in [-0.25, -0.2) is 9.18 Å². The number of halogens is 4. The lowest BCUT2D eigenvalue weighted by molar-refractivity contribution is 0.0472. The van der Waals surface area contributed by atoms with E-state index in [0.29, 0.717) is 5.56 Å². The lowest BCUT2D eigenvalue weighted by atomic mass is 10.2. The molecule has 110 valence electrons. The summed E-state index contributed by atoms with van der Waals surface area (Å²) >= 11 is 17.4. The predicted molar refractivity (Wildman–Crippen MR) is 81.4 cm³/mol. The van der Waals surface area contributed by atoms with Crippen molar-refractivity contribution in [2.45, 2.75) is 6.61 Å². The van der Waals surface area contributed by atoms with Gasteiger partial charge in [-0.2, -0.15) is 0 Å². The molecule has 0 radical (unpaired) electrons. The van der Waals surface area contributed by atoms with Crippen molar-refractivity contribution in [1.82, 2.24) is 0 Å². The number of ether oxygens (including phenoxy) is 1. The molecule has 2 aromatic rings. The Balaban J connectivity index is 2.14. The van der Waals surface area contributed by atoms with Crippen LogP contribution in [0.15, 0.2) is 30.3 Å². The summed E-state index contributed by atoms with van der Waals surface area (Å²) in [6.45, 7) is -0.171.